The minimum atomic E-state index is -0.601. The first kappa shape index (κ1) is 17.4. The molecule has 0 saturated heterocycles. The maximum Gasteiger partial charge on any atom is 0.231 e. The van der Waals surface area contributed by atoms with E-state index in [1.54, 1.807) is 0 Å². The van der Waals surface area contributed by atoms with Gasteiger partial charge in [0.1, 0.15) is 11.5 Å². The van der Waals surface area contributed by atoms with Crippen molar-refractivity contribution >= 4 is 23.2 Å². The smallest absolute Gasteiger partial charge is 0.231 e. The molecule has 0 aromatic heterocycles. The molecule has 0 atom stereocenters. The second-order valence-electron chi connectivity index (χ2n) is 6.34. The van der Waals surface area contributed by atoms with Gasteiger partial charge in [0, 0.05) is 11.6 Å². The fraction of sp³-hybridized carbons (Fsp3) is 0.316. The van der Waals surface area contributed by atoms with Crippen LogP contribution in [0.5, 0.6) is 11.5 Å². The molecule has 2 aromatic rings. The van der Waals surface area contributed by atoms with E-state index in [-0.39, 0.29) is 11.8 Å². The van der Waals surface area contributed by atoms with Crippen LogP contribution in [0.2, 0.25) is 0 Å². The number of anilines is 1. The van der Waals surface area contributed by atoms with Crippen molar-refractivity contribution in [2.75, 3.05) is 11.2 Å². The summed E-state index contributed by atoms with van der Waals surface area (Å²) in [4.78, 5) is 12.1. The number of alkyl halides is 1. The van der Waals surface area contributed by atoms with Crippen molar-refractivity contribution in [2.24, 2.45) is 5.41 Å². The van der Waals surface area contributed by atoms with Crippen molar-refractivity contribution in [3.63, 3.8) is 0 Å². The van der Waals surface area contributed by atoms with Gasteiger partial charge in [-0.2, -0.15) is 0 Å². The minimum Gasteiger partial charge on any atom is -0.457 e. The first-order valence-corrected chi connectivity index (χ1v) is 8.08. The second kappa shape index (κ2) is 7.05. The molecule has 0 aliphatic carbocycles. The molecule has 1 amide bonds. The van der Waals surface area contributed by atoms with Crippen molar-refractivity contribution in [3.8, 4) is 11.5 Å². The molecule has 23 heavy (non-hydrogen) atoms. The summed E-state index contributed by atoms with van der Waals surface area (Å²) in [5.74, 6) is 1.69. The van der Waals surface area contributed by atoms with Gasteiger partial charge < -0.3 is 10.1 Å². The standard InChI is InChI=1S/C19H22ClNO2/c1-13-5-8-17(11-14(13)2)23-16-9-6-15(7-10-16)21-18(22)19(3,4)12-20/h5-11H,12H2,1-4H3,(H,21,22). The Balaban J connectivity index is 2.04. The van der Waals surface area contributed by atoms with E-state index in [4.69, 9.17) is 16.3 Å². The number of nitrogens with one attached hydrogen (secondary N) is 1. The maximum atomic E-state index is 12.1. The molecule has 0 aliphatic rings. The lowest BCUT2D eigenvalue weighted by Gasteiger charge is -2.20. The van der Waals surface area contributed by atoms with Crippen molar-refractivity contribution in [1.29, 1.82) is 0 Å². The Bertz CT molecular complexity index is 693. The van der Waals surface area contributed by atoms with Crippen molar-refractivity contribution in [3.05, 3.63) is 53.6 Å². The van der Waals surface area contributed by atoms with Crippen LogP contribution in [0.1, 0.15) is 25.0 Å². The van der Waals surface area contributed by atoms with E-state index in [2.05, 4.69) is 19.2 Å². The highest BCUT2D eigenvalue weighted by atomic mass is 35.5. The molecular weight excluding hydrogens is 310 g/mol. The predicted octanol–water partition coefficient (Wildman–Crippen LogP) is 5.30. The molecule has 0 aliphatic heterocycles. The van der Waals surface area contributed by atoms with Gasteiger partial charge in [0.05, 0.1) is 5.41 Å². The lowest BCUT2D eigenvalue weighted by atomic mass is 9.95. The quantitative estimate of drug-likeness (QED) is 0.755. The van der Waals surface area contributed by atoms with Crippen LogP contribution in [-0.4, -0.2) is 11.8 Å². The van der Waals surface area contributed by atoms with Crippen LogP contribution in [0.4, 0.5) is 5.69 Å². The SMILES string of the molecule is Cc1ccc(Oc2ccc(NC(=O)C(C)(C)CCl)cc2)cc1C. The monoisotopic (exact) mass is 331 g/mol. The van der Waals surface area contributed by atoms with Crippen LogP contribution >= 0.6 is 11.6 Å². The van der Waals surface area contributed by atoms with Gasteiger partial charge in [0.25, 0.3) is 0 Å². The average molecular weight is 332 g/mol. The zero-order valence-corrected chi connectivity index (χ0v) is 14.7. The van der Waals surface area contributed by atoms with Crippen LogP contribution in [0.25, 0.3) is 0 Å². The molecule has 4 heteroatoms. The Morgan fingerprint density at radius 1 is 1.04 bits per heavy atom. The number of benzene rings is 2. The summed E-state index contributed by atoms with van der Waals surface area (Å²) >= 11 is 5.81. The number of hydrogen-bond donors (Lipinski definition) is 1. The molecule has 0 saturated carbocycles. The van der Waals surface area contributed by atoms with Crippen LogP contribution < -0.4 is 10.1 Å². The largest absolute Gasteiger partial charge is 0.457 e. The molecule has 0 radical (unpaired) electrons. The van der Waals surface area contributed by atoms with Crippen molar-refractivity contribution < 1.29 is 9.53 Å². The van der Waals surface area contributed by atoms with E-state index in [1.165, 1.54) is 11.1 Å². The van der Waals surface area contributed by atoms with Gasteiger partial charge in [-0.15, -0.1) is 11.6 Å². The Labute approximate surface area is 142 Å². The first-order chi connectivity index (χ1) is 10.8. The predicted molar refractivity (Wildman–Crippen MR) is 95.6 cm³/mol. The molecule has 1 N–H and O–H groups in total. The molecule has 2 aromatic carbocycles. The minimum absolute atomic E-state index is 0.102. The number of halogens is 1. The third-order valence-corrected chi connectivity index (χ3v) is 4.44. The summed E-state index contributed by atoms with van der Waals surface area (Å²) in [6.07, 6.45) is 0. The fourth-order valence-electron chi connectivity index (χ4n) is 1.88. The van der Waals surface area contributed by atoms with E-state index in [9.17, 15) is 4.79 Å². The number of carbonyl (C=O) groups excluding carboxylic acids is 1. The normalized spacial score (nSPS) is 11.2. The third kappa shape index (κ3) is 4.49. The molecule has 0 fully saturated rings. The van der Waals surface area contributed by atoms with Crippen molar-refractivity contribution in [2.45, 2.75) is 27.7 Å². The van der Waals surface area contributed by atoms with Crippen LogP contribution in [-0.2, 0) is 4.79 Å². The number of carbonyl (C=O) groups is 1. The molecule has 122 valence electrons. The average Bonchev–Trinajstić information content (AvgIpc) is 2.52. The summed E-state index contributed by atoms with van der Waals surface area (Å²) in [6, 6.07) is 13.3. The summed E-state index contributed by atoms with van der Waals surface area (Å²) in [5.41, 5.74) is 2.54. The Hall–Kier alpha value is -2.00. The highest BCUT2D eigenvalue weighted by Gasteiger charge is 2.26. The Kier molecular flexibility index (Phi) is 5.32. The fourth-order valence-corrected chi connectivity index (χ4v) is 2.00. The van der Waals surface area contributed by atoms with Crippen LogP contribution in [0.15, 0.2) is 42.5 Å². The van der Waals surface area contributed by atoms with E-state index in [1.807, 2.05) is 56.3 Å². The Morgan fingerprint density at radius 2 is 1.65 bits per heavy atom. The number of hydrogen-bond acceptors (Lipinski definition) is 2. The molecule has 2 rings (SSSR count). The van der Waals surface area contributed by atoms with Gasteiger partial charge in [0.15, 0.2) is 0 Å². The molecule has 0 heterocycles. The second-order valence-corrected chi connectivity index (χ2v) is 6.61. The van der Waals surface area contributed by atoms with Crippen LogP contribution in [0.3, 0.4) is 0 Å². The van der Waals surface area contributed by atoms with Gasteiger partial charge in [-0.1, -0.05) is 6.07 Å². The van der Waals surface area contributed by atoms with Gasteiger partial charge in [0.2, 0.25) is 5.91 Å². The third-order valence-electron chi connectivity index (χ3n) is 3.78. The number of rotatable bonds is 5. The van der Waals surface area contributed by atoms with Gasteiger partial charge in [-0.25, -0.2) is 0 Å². The first-order valence-electron chi connectivity index (χ1n) is 7.54. The van der Waals surface area contributed by atoms with Crippen molar-refractivity contribution in [1.82, 2.24) is 0 Å². The lowest BCUT2D eigenvalue weighted by molar-refractivity contribution is -0.122. The van der Waals surface area contributed by atoms with Crippen LogP contribution in [0, 0.1) is 19.3 Å². The molecule has 0 bridgehead atoms. The zero-order valence-electron chi connectivity index (χ0n) is 13.9. The van der Waals surface area contributed by atoms with Gasteiger partial charge in [-0.05, 0) is 75.2 Å². The highest BCUT2D eigenvalue weighted by molar-refractivity contribution is 6.20. The summed E-state index contributed by atoms with van der Waals surface area (Å²) in [7, 11) is 0. The van der Waals surface area contributed by atoms with E-state index in [0.717, 1.165) is 17.2 Å². The number of ether oxygens (including phenoxy) is 1. The topological polar surface area (TPSA) is 38.3 Å². The highest BCUT2D eigenvalue weighted by Crippen LogP contribution is 2.26. The van der Waals surface area contributed by atoms with Gasteiger partial charge in [-0.3, -0.25) is 4.79 Å². The summed E-state index contributed by atoms with van der Waals surface area (Å²) in [6.45, 7) is 7.75. The summed E-state index contributed by atoms with van der Waals surface area (Å²) < 4.78 is 5.83. The van der Waals surface area contributed by atoms with Gasteiger partial charge >= 0.3 is 0 Å². The number of aryl methyl sites for hydroxylation is 2. The number of amides is 1. The lowest BCUT2D eigenvalue weighted by Crippen LogP contribution is -2.32. The van der Waals surface area contributed by atoms with E-state index in [0.29, 0.717) is 0 Å². The molecule has 0 spiro atoms. The maximum absolute atomic E-state index is 12.1. The van der Waals surface area contributed by atoms with E-state index >= 15 is 0 Å². The van der Waals surface area contributed by atoms with E-state index < -0.39 is 5.41 Å². The molecule has 0 unspecified atom stereocenters. The zero-order chi connectivity index (χ0) is 17.0. The molecule has 3 nitrogen and oxygen atoms in total. The summed E-state index contributed by atoms with van der Waals surface area (Å²) in [5, 5.41) is 2.86. The molecular formula is C19H22ClNO2. The Morgan fingerprint density at radius 3 is 2.22 bits per heavy atom.